The first-order valence-electron chi connectivity index (χ1n) is 11.5. The Kier molecular flexibility index (Phi) is 12.7. The van der Waals surface area contributed by atoms with E-state index in [1.807, 2.05) is 0 Å². The Bertz CT molecular complexity index is 847. The Hall–Kier alpha value is -3.22. The molecule has 1 rings (SSSR count). The van der Waals surface area contributed by atoms with Gasteiger partial charge < -0.3 is 42.7 Å². The minimum Gasteiger partial charge on any atom is -0.508 e. The number of carbonyl (C=O) groups is 4. The third-order valence-corrected chi connectivity index (χ3v) is 5.41. The van der Waals surface area contributed by atoms with Crippen LogP contribution in [0.15, 0.2) is 24.3 Å². The molecule has 0 fully saturated rings. The topological polar surface area (TPSA) is 217 Å². The van der Waals surface area contributed by atoms with Crippen LogP contribution in [0.3, 0.4) is 0 Å². The van der Waals surface area contributed by atoms with E-state index in [4.69, 9.17) is 16.6 Å². The largest absolute Gasteiger partial charge is 0.508 e. The van der Waals surface area contributed by atoms with Crippen molar-refractivity contribution in [3.05, 3.63) is 29.8 Å². The van der Waals surface area contributed by atoms with Crippen molar-refractivity contribution < 1.29 is 34.5 Å². The molecule has 0 saturated heterocycles. The number of phenolic OH excluding ortho intramolecular Hbond substituents is 1. The lowest BCUT2D eigenvalue weighted by atomic mass is 10.0. The number of carboxylic acids is 1. The first-order valence-corrected chi connectivity index (χ1v) is 11.5. The van der Waals surface area contributed by atoms with Gasteiger partial charge in [0.25, 0.3) is 0 Å². The number of nitrogens with two attached hydrogens (primary N) is 2. The highest BCUT2D eigenvalue weighted by Crippen LogP contribution is 2.12. The molecule has 12 heteroatoms. The van der Waals surface area contributed by atoms with Gasteiger partial charge in [-0.2, -0.15) is 0 Å². The standard InChI is InChI=1S/C23H37N5O7/c1-13(2)19(25)22(33)27-17(11-14-6-8-15(30)9-7-14)21(32)26-16(5-3-4-10-24)20(31)28-18(12-29)23(34)35/h6-9,13,16-19,29-30H,3-5,10-12,24-25H2,1-2H3,(H,26,32)(H,27,33)(H,28,31)(H,34,35). The zero-order valence-electron chi connectivity index (χ0n) is 20.1. The van der Waals surface area contributed by atoms with Crippen LogP contribution in [0.2, 0.25) is 0 Å². The number of aromatic hydroxyl groups is 1. The molecule has 196 valence electrons. The van der Waals surface area contributed by atoms with Crippen molar-refractivity contribution in [1.29, 1.82) is 0 Å². The van der Waals surface area contributed by atoms with Gasteiger partial charge in [-0.25, -0.2) is 4.79 Å². The third kappa shape index (κ3) is 10.3. The molecule has 0 aromatic heterocycles. The van der Waals surface area contributed by atoms with Crippen molar-refractivity contribution >= 4 is 23.7 Å². The monoisotopic (exact) mass is 495 g/mol. The van der Waals surface area contributed by atoms with Crippen molar-refractivity contribution in [3.63, 3.8) is 0 Å². The highest BCUT2D eigenvalue weighted by atomic mass is 16.4. The normalized spacial score (nSPS) is 14.5. The van der Waals surface area contributed by atoms with Crippen LogP contribution < -0.4 is 27.4 Å². The third-order valence-electron chi connectivity index (χ3n) is 5.41. The second kappa shape index (κ2) is 14.9. The van der Waals surface area contributed by atoms with Gasteiger partial charge in [0.15, 0.2) is 0 Å². The van der Waals surface area contributed by atoms with Crippen LogP contribution in [0.4, 0.5) is 0 Å². The molecule has 12 nitrogen and oxygen atoms in total. The molecule has 0 aliphatic rings. The van der Waals surface area contributed by atoms with Crippen LogP contribution in [0.1, 0.15) is 38.7 Å². The van der Waals surface area contributed by atoms with E-state index in [0.29, 0.717) is 24.9 Å². The van der Waals surface area contributed by atoms with E-state index in [2.05, 4.69) is 16.0 Å². The molecule has 0 saturated carbocycles. The van der Waals surface area contributed by atoms with Crippen LogP contribution in [0.25, 0.3) is 0 Å². The molecule has 0 heterocycles. The van der Waals surface area contributed by atoms with Crippen LogP contribution in [-0.4, -0.2) is 76.3 Å². The average Bonchev–Trinajstić information content (AvgIpc) is 2.81. The maximum atomic E-state index is 13.2. The highest BCUT2D eigenvalue weighted by Gasteiger charge is 2.30. The molecular formula is C23H37N5O7. The van der Waals surface area contributed by atoms with Crippen molar-refractivity contribution in [2.24, 2.45) is 17.4 Å². The molecule has 35 heavy (non-hydrogen) atoms. The molecule has 0 bridgehead atoms. The Morgan fingerprint density at radius 1 is 0.886 bits per heavy atom. The van der Waals surface area contributed by atoms with Gasteiger partial charge in [-0.3, -0.25) is 14.4 Å². The Morgan fingerprint density at radius 2 is 1.43 bits per heavy atom. The number of amides is 3. The number of carbonyl (C=O) groups excluding carboxylic acids is 3. The second-order valence-electron chi connectivity index (χ2n) is 8.63. The van der Waals surface area contributed by atoms with Crippen LogP contribution >= 0.6 is 0 Å². The van der Waals surface area contributed by atoms with Gasteiger partial charge >= 0.3 is 5.97 Å². The Labute approximate surface area is 204 Å². The summed E-state index contributed by atoms with van der Waals surface area (Å²) in [5.74, 6) is -3.58. The number of nitrogens with one attached hydrogen (secondary N) is 3. The van der Waals surface area contributed by atoms with Crippen LogP contribution in [0, 0.1) is 5.92 Å². The summed E-state index contributed by atoms with van der Waals surface area (Å²) >= 11 is 0. The number of aliphatic carboxylic acids is 1. The van der Waals surface area contributed by atoms with Gasteiger partial charge in [0.2, 0.25) is 17.7 Å². The minimum absolute atomic E-state index is 0.0362. The van der Waals surface area contributed by atoms with Crippen molar-refractivity contribution in [2.45, 2.75) is 63.7 Å². The molecular weight excluding hydrogens is 458 g/mol. The fourth-order valence-electron chi connectivity index (χ4n) is 3.14. The molecule has 4 unspecified atom stereocenters. The number of benzene rings is 1. The number of aliphatic hydroxyl groups is 1. The van der Waals surface area contributed by atoms with Gasteiger partial charge in [-0.1, -0.05) is 26.0 Å². The Morgan fingerprint density at radius 3 is 1.94 bits per heavy atom. The lowest BCUT2D eigenvalue weighted by Crippen LogP contribution is -2.58. The predicted molar refractivity (Wildman–Crippen MR) is 128 cm³/mol. The van der Waals surface area contributed by atoms with E-state index in [1.165, 1.54) is 12.1 Å². The Balaban J connectivity index is 3.10. The number of rotatable bonds is 15. The number of carboxylic acid groups (broad SMARTS) is 1. The van der Waals surface area contributed by atoms with Crippen LogP contribution in [0.5, 0.6) is 5.75 Å². The zero-order valence-corrected chi connectivity index (χ0v) is 20.1. The van der Waals surface area contributed by atoms with E-state index in [1.54, 1.807) is 26.0 Å². The number of hydrogen-bond acceptors (Lipinski definition) is 8. The zero-order chi connectivity index (χ0) is 26.5. The molecule has 1 aromatic rings. The van der Waals surface area contributed by atoms with Crippen molar-refractivity contribution in [2.75, 3.05) is 13.2 Å². The number of phenols is 1. The fourth-order valence-corrected chi connectivity index (χ4v) is 3.14. The van der Waals surface area contributed by atoms with Gasteiger partial charge in [-0.05, 0) is 49.4 Å². The predicted octanol–water partition coefficient (Wildman–Crippen LogP) is -1.42. The maximum absolute atomic E-state index is 13.2. The average molecular weight is 496 g/mol. The molecule has 0 aliphatic heterocycles. The molecule has 10 N–H and O–H groups in total. The quantitative estimate of drug-likeness (QED) is 0.134. The van der Waals surface area contributed by atoms with E-state index >= 15 is 0 Å². The summed E-state index contributed by atoms with van der Waals surface area (Å²) in [5.41, 5.74) is 12.1. The number of hydrogen-bond donors (Lipinski definition) is 8. The summed E-state index contributed by atoms with van der Waals surface area (Å²) in [5, 5.41) is 35.2. The minimum atomic E-state index is -1.53. The van der Waals surface area contributed by atoms with Gasteiger partial charge in [0, 0.05) is 6.42 Å². The van der Waals surface area contributed by atoms with Crippen molar-refractivity contribution in [1.82, 2.24) is 16.0 Å². The molecule has 4 atom stereocenters. The summed E-state index contributed by atoms with van der Waals surface area (Å²) < 4.78 is 0. The lowest BCUT2D eigenvalue weighted by molar-refractivity contribution is -0.143. The first kappa shape index (κ1) is 29.8. The molecule has 0 spiro atoms. The van der Waals surface area contributed by atoms with E-state index in [-0.39, 0.29) is 24.5 Å². The fraction of sp³-hybridized carbons (Fsp3) is 0.565. The lowest BCUT2D eigenvalue weighted by Gasteiger charge is -2.25. The SMILES string of the molecule is CC(C)C(N)C(=O)NC(Cc1ccc(O)cc1)C(=O)NC(CCCCN)C(=O)NC(CO)C(=O)O. The second-order valence-corrected chi connectivity index (χ2v) is 8.63. The van der Waals surface area contributed by atoms with Gasteiger partial charge in [0.1, 0.15) is 23.9 Å². The molecule has 0 aliphatic carbocycles. The van der Waals surface area contributed by atoms with Crippen molar-refractivity contribution in [3.8, 4) is 5.75 Å². The highest BCUT2D eigenvalue weighted by molar-refractivity contribution is 5.94. The summed E-state index contributed by atoms with van der Waals surface area (Å²) in [4.78, 5) is 49.7. The smallest absolute Gasteiger partial charge is 0.328 e. The van der Waals surface area contributed by atoms with E-state index in [9.17, 15) is 29.4 Å². The van der Waals surface area contributed by atoms with E-state index in [0.717, 1.165) is 0 Å². The summed E-state index contributed by atoms with van der Waals surface area (Å²) in [6, 6.07) is 1.44. The summed E-state index contributed by atoms with van der Waals surface area (Å²) in [6.45, 7) is 3.06. The maximum Gasteiger partial charge on any atom is 0.328 e. The summed E-state index contributed by atoms with van der Waals surface area (Å²) in [6.07, 6.45) is 1.25. The molecule has 3 amide bonds. The first-order chi connectivity index (χ1) is 16.5. The molecule has 0 radical (unpaired) electrons. The van der Waals surface area contributed by atoms with E-state index < -0.39 is 54.5 Å². The number of aliphatic hydroxyl groups excluding tert-OH is 1. The molecule has 1 aromatic carbocycles. The van der Waals surface area contributed by atoms with Gasteiger partial charge in [0.05, 0.1) is 12.6 Å². The van der Waals surface area contributed by atoms with Crippen LogP contribution in [-0.2, 0) is 25.6 Å². The summed E-state index contributed by atoms with van der Waals surface area (Å²) in [7, 11) is 0. The number of unbranched alkanes of at least 4 members (excludes halogenated alkanes) is 1. The van der Waals surface area contributed by atoms with Gasteiger partial charge in [-0.15, -0.1) is 0 Å².